The summed E-state index contributed by atoms with van der Waals surface area (Å²) in [5.41, 5.74) is 1.54. The molecule has 36 heavy (non-hydrogen) atoms. The van der Waals surface area contributed by atoms with Crippen molar-refractivity contribution < 1.29 is 29.6 Å². The molecule has 1 unspecified atom stereocenters. The van der Waals surface area contributed by atoms with Gasteiger partial charge in [-0.15, -0.1) is 0 Å². The monoisotopic (exact) mass is 535 g/mol. The predicted octanol–water partition coefficient (Wildman–Crippen LogP) is 3.94. The van der Waals surface area contributed by atoms with E-state index in [9.17, 15) is 20.1 Å². The number of hydrogen-bond donors (Lipinski definition) is 5. The number of pyridine rings is 1. The van der Waals surface area contributed by atoms with Crippen LogP contribution in [0.2, 0.25) is 10.0 Å². The molecule has 0 aliphatic rings. The van der Waals surface area contributed by atoms with Crippen LogP contribution in [0.1, 0.15) is 34.0 Å². The fourth-order valence-electron chi connectivity index (χ4n) is 3.32. The van der Waals surface area contributed by atoms with E-state index < -0.39 is 12.0 Å². The van der Waals surface area contributed by atoms with Gasteiger partial charge in [-0.2, -0.15) is 0 Å². The predicted molar refractivity (Wildman–Crippen MR) is 137 cm³/mol. The topological polar surface area (TPSA) is 133 Å². The average molecular weight is 536 g/mol. The molecule has 192 valence electrons. The number of nitrogens with zero attached hydrogens (tertiary/aromatic N) is 1. The molecule has 3 aromatic rings. The Morgan fingerprint density at radius 2 is 1.86 bits per heavy atom. The van der Waals surface area contributed by atoms with Gasteiger partial charge in [0.1, 0.15) is 5.75 Å². The van der Waals surface area contributed by atoms with Gasteiger partial charge in [0.2, 0.25) is 0 Å². The number of carbonyl (C=O) groups excluding carboxylic acids is 1. The second-order valence-electron chi connectivity index (χ2n) is 7.77. The standard InChI is InChI=1S/C25H27Cl2N3O6/c1-35-22-6-4-16(25(34)30-24-18(26)11-29-12-19(24)27)10-23(22)36-8-2-7-28-13-21(33)15-3-5-20(32)17(9-15)14-31/h3-6,9-12,21,28,31-33H,2,7-8,13-14H2,1H3,(H,29,30,34). The van der Waals surface area contributed by atoms with E-state index in [0.717, 1.165) is 0 Å². The molecule has 2 aromatic carbocycles. The zero-order valence-electron chi connectivity index (χ0n) is 19.5. The number of aromatic hydroxyl groups is 1. The minimum absolute atomic E-state index is 0.0134. The first-order valence-electron chi connectivity index (χ1n) is 11.1. The van der Waals surface area contributed by atoms with Crippen molar-refractivity contribution in [3.05, 3.63) is 75.5 Å². The normalized spacial score (nSPS) is 11.7. The van der Waals surface area contributed by atoms with E-state index in [1.807, 2.05) is 0 Å². The number of phenols is 1. The van der Waals surface area contributed by atoms with Crippen molar-refractivity contribution in [2.75, 3.05) is 32.1 Å². The van der Waals surface area contributed by atoms with E-state index in [2.05, 4.69) is 15.6 Å². The van der Waals surface area contributed by atoms with Gasteiger partial charge >= 0.3 is 0 Å². The van der Waals surface area contributed by atoms with Gasteiger partial charge in [0.25, 0.3) is 5.91 Å². The molecule has 0 spiro atoms. The number of rotatable bonds is 12. The molecule has 0 saturated carbocycles. The SMILES string of the molecule is COc1ccc(C(=O)Nc2c(Cl)cncc2Cl)cc1OCCCNCC(O)c1ccc(O)c(CO)c1. The van der Waals surface area contributed by atoms with Crippen LogP contribution in [-0.2, 0) is 6.61 Å². The highest BCUT2D eigenvalue weighted by atomic mass is 35.5. The van der Waals surface area contributed by atoms with Crippen molar-refractivity contribution in [3.8, 4) is 17.2 Å². The molecule has 1 aromatic heterocycles. The molecule has 1 amide bonds. The third kappa shape index (κ3) is 7.22. The summed E-state index contributed by atoms with van der Waals surface area (Å²) >= 11 is 12.2. The van der Waals surface area contributed by atoms with Crippen molar-refractivity contribution in [2.24, 2.45) is 0 Å². The zero-order valence-corrected chi connectivity index (χ0v) is 21.0. The number of aliphatic hydroxyl groups excluding tert-OH is 2. The van der Waals surface area contributed by atoms with Gasteiger partial charge in [-0.1, -0.05) is 29.3 Å². The summed E-state index contributed by atoms with van der Waals surface area (Å²) in [6, 6.07) is 9.41. The lowest BCUT2D eigenvalue weighted by molar-refractivity contribution is 0.102. The van der Waals surface area contributed by atoms with Gasteiger partial charge in [0.15, 0.2) is 11.5 Å². The van der Waals surface area contributed by atoms with Crippen molar-refractivity contribution in [1.82, 2.24) is 10.3 Å². The highest BCUT2D eigenvalue weighted by Gasteiger charge is 2.15. The van der Waals surface area contributed by atoms with E-state index in [-0.39, 0.29) is 34.6 Å². The number of aromatic nitrogens is 1. The first-order valence-corrected chi connectivity index (χ1v) is 11.8. The summed E-state index contributed by atoms with van der Waals surface area (Å²) in [5.74, 6) is 0.437. The minimum Gasteiger partial charge on any atom is -0.508 e. The van der Waals surface area contributed by atoms with Gasteiger partial charge in [-0.3, -0.25) is 9.78 Å². The number of aliphatic hydroxyl groups is 2. The van der Waals surface area contributed by atoms with Gasteiger partial charge in [0, 0.05) is 30.1 Å². The Morgan fingerprint density at radius 3 is 2.56 bits per heavy atom. The summed E-state index contributed by atoms with van der Waals surface area (Å²) in [5, 5.41) is 35.5. The van der Waals surface area contributed by atoms with Crippen LogP contribution in [0, 0.1) is 0 Å². The maximum atomic E-state index is 12.7. The average Bonchev–Trinajstić information content (AvgIpc) is 2.88. The van der Waals surface area contributed by atoms with Crippen LogP contribution in [0.25, 0.3) is 0 Å². The van der Waals surface area contributed by atoms with E-state index in [4.69, 9.17) is 32.7 Å². The molecular weight excluding hydrogens is 509 g/mol. The van der Waals surface area contributed by atoms with E-state index in [0.29, 0.717) is 47.8 Å². The molecule has 0 bridgehead atoms. The first kappa shape index (κ1) is 27.5. The smallest absolute Gasteiger partial charge is 0.255 e. The Kier molecular flexibility index (Phi) is 10.2. The molecule has 1 atom stereocenters. The molecule has 1 heterocycles. The number of benzene rings is 2. The number of amides is 1. The lowest BCUT2D eigenvalue weighted by Gasteiger charge is -2.15. The minimum atomic E-state index is -0.797. The molecule has 0 aliphatic heterocycles. The highest BCUT2D eigenvalue weighted by Crippen LogP contribution is 2.31. The summed E-state index contributed by atoms with van der Waals surface area (Å²) in [6.45, 7) is 0.868. The third-order valence-corrected chi connectivity index (χ3v) is 5.84. The van der Waals surface area contributed by atoms with Crippen LogP contribution >= 0.6 is 23.2 Å². The maximum Gasteiger partial charge on any atom is 0.255 e. The van der Waals surface area contributed by atoms with Crippen LogP contribution < -0.4 is 20.1 Å². The number of anilines is 1. The molecule has 0 fully saturated rings. The van der Waals surface area contributed by atoms with Gasteiger partial charge in [-0.05, 0) is 48.9 Å². The highest BCUT2D eigenvalue weighted by molar-refractivity contribution is 6.39. The van der Waals surface area contributed by atoms with Crippen LogP contribution in [0.15, 0.2) is 48.8 Å². The van der Waals surface area contributed by atoms with Crippen molar-refractivity contribution in [3.63, 3.8) is 0 Å². The molecular formula is C25H27Cl2N3O6. The van der Waals surface area contributed by atoms with Crippen LogP contribution in [-0.4, -0.2) is 53.0 Å². The van der Waals surface area contributed by atoms with E-state index >= 15 is 0 Å². The number of ether oxygens (including phenoxy) is 2. The first-order chi connectivity index (χ1) is 17.3. The summed E-state index contributed by atoms with van der Waals surface area (Å²) in [7, 11) is 1.51. The second-order valence-corrected chi connectivity index (χ2v) is 8.58. The maximum absolute atomic E-state index is 12.7. The second kappa shape index (κ2) is 13.3. The fourth-order valence-corrected chi connectivity index (χ4v) is 3.78. The Hall–Kier alpha value is -3.08. The van der Waals surface area contributed by atoms with Crippen molar-refractivity contribution >= 4 is 34.8 Å². The van der Waals surface area contributed by atoms with Gasteiger partial charge in [-0.25, -0.2) is 0 Å². The summed E-state index contributed by atoms with van der Waals surface area (Å²) in [6.07, 6.45) is 2.59. The Morgan fingerprint density at radius 1 is 1.11 bits per heavy atom. The van der Waals surface area contributed by atoms with Crippen LogP contribution in [0.4, 0.5) is 5.69 Å². The lowest BCUT2D eigenvalue weighted by atomic mass is 10.1. The zero-order chi connectivity index (χ0) is 26.1. The lowest BCUT2D eigenvalue weighted by Crippen LogP contribution is -2.23. The fraction of sp³-hybridized carbons (Fsp3) is 0.280. The number of halogens is 2. The quantitative estimate of drug-likeness (QED) is 0.220. The largest absolute Gasteiger partial charge is 0.508 e. The summed E-state index contributed by atoms with van der Waals surface area (Å²) < 4.78 is 11.2. The van der Waals surface area contributed by atoms with E-state index in [1.165, 1.54) is 25.6 Å². The molecule has 3 rings (SSSR count). The molecule has 11 heteroatoms. The van der Waals surface area contributed by atoms with Crippen LogP contribution in [0.5, 0.6) is 17.2 Å². The van der Waals surface area contributed by atoms with E-state index in [1.54, 1.807) is 30.3 Å². The Labute approximate surface area is 218 Å². The van der Waals surface area contributed by atoms with Gasteiger partial charge < -0.3 is 35.4 Å². The molecule has 0 radical (unpaired) electrons. The molecule has 0 saturated heterocycles. The Balaban J connectivity index is 1.50. The Bertz CT molecular complexity index is 1170. The number of methoxy groups -OCH3 is 1. The molecule has 5 N–H and O–H groups in total. The number of nitrogens with one attached hydrogen (secondary N) is 2. The van der Waals surface area contributed by atoms with Crippen molar-refractivity contribution in [2.45, 2.75) is 19.1 Å². The van der Waals surface area contributed by atoms with Gasteiger partial charge in [0.05, 0.1) is 42.2 Å². The van der Waals surface area contributed by atoms with Crippen LogP contribution in [0.3, 0.4) is 0 Å². The summed E-state index contributed by atoms with van der Waals surface area (Å²) in [4.78, 5) is 16.6. The molecule has 0 aliphatic carbocycles. The number of hydrogen-bond acceptors (Lipinski definition) is 8. The number of carbonyl (C=O) groups is 1. The van der Waals surface area contributed by atoms with Crippen molar-refractivity contribution in [1.29, 1.82) is 0 Å². The third-order valence-electron chi connectivity index (χ3n) is 5.27. The molecule has 9 nitrogen and oxygen atoms in total.